The monoisotopic (exact) mass is 410 g/mol. The molecule has 0 bridgehead atoms. The minimum atomic E-state index is -0.545. The first-order chi connectivity index (χ1) is 11.4. The lowest BCUT2D eigenvalue weighted by Gasteiger charge is -2.19. The minimum Gasteiger partial charge on any atom is -0.469 e. The van der Waals surface area contributed by atoms with Crippen LogP contribution in [0.5, 0.6) is 0 Å². The van der Waals surface area contributed by atoms with Crippen LogP contribution in [0.25, 0.3) is 0 Å². The van der Waals surface area contributed by atoms with Crippen LogP contribution in [0.3, 0.4) is 0 Å². The molecule has 0 heterocycles. The molecule has 0 saturated heterocycles. The Balaban J connectivity index is 2.27. The van der Waals surface area contributed by atoms with Crippen LogP contribution in [-0.2, 0) is 9.53 Å². The van der Waals surface area contributed by atoms with Gasteiger partial charge in [-0.2, -0.15) is 0 Å². The lowest BCUT2D eigenvalue weighted by atomic mass is 10.0. The van der Waals surface area contributed by atoms with Gasteiger partial charge in [0, 0.05) is 15.2 Å². The van der Waals surface area contributed by atoms with Gasteiger partial charge >= 0.3 is 5.97 Å². The summed E-state index contributed by atoms with van der Waals surface area (Å²) in [7, 11) is 1.30. The fourth-order valence-corrected chi connectivity index (χ4v) is 2.59. The molecule has 2 aromatic carbocycles. The van der Waals surface area contributed by atoms with Crippen molar-refractivity contribution in [3.63, 3.8) is 0 Å². The first-order valence-electron chi connectivity index (χ1n) is 7.09. The largest absolute Gasteiger partial charge is 0.469 e. The number of hydrogen-bond donors (Lipinski definition) is 2. The van der Waals surface area contributed by atoms with E-state index in [9.17, 15) is 9.59 Å². The molecule has 0 aliphatic heterocycles. The number of nitrogen functional groups attached to an aromatic ring is 1. The van der Waals surface area contributed by atoms with Gasteiger partial charge in [0.1, 0.15) is 0 Å². The topological polar surface area (TPSA) is 81.4 Å². The smallest absolute Gasteiger partial charge is 0.307 e. The van der Waals surface area contributed by atoms with Crippen molar-refractivity contribution in [1.29, 1.82) is 0 Å². The van der Waals surface area contributed by atoms with E-state index in [1.807, 2.05) is 24.3 Å². The number of halogens is 2. The summed E-state index contributed by atoms with van der Waals surface area (Å²) < 4.78 is 5.61. The standard InChI is InChI=1S/C17H16BrClN2O3/c1-24-16(22)9-15(10-2-4-11(18)5-3-10)21-17(23)13-8-12(19)6-7-14(13)20/h2-8,15H,9,20H2,1H3,(H,21,23). The van der Waals surface area contributed by atoms with Gasteiger partial charge in [-0.25, -0.2) is 0 Å². The van der Waals surface area contributed by atoms with Crippen LogP contribution < -0.4 is 11.1 Å². The Morgan fingerprint density at radius 1 is 1.25 bits per heavy atom. The molecule has 5 nitrogen and oxygen atoms in total. The average Bonchev–Trinajstić information content (AvgIpc) is 2.56. The number of hydrogen-bond acceptors (Lipinski definition) is 4. The second-order valence-electron chi connectivity index (χ2n) is 5.09. The third-order valence-electron chi connectivity index (χ3n) is 3.44. The molecule has 1 amide bonds. The van der Waals surface area contributed by atoms with E-state index in [1.54, 1.807) is 12.1 Å². The van der Waals surface area contributed by atoms with Gasteiger partial charge in [0.15, 0.2) is 0 Å². The molecule has 0 aliphatic rings. The van der Waals surface area contributed by atoms with E-state index < -0.39 is 17.9 Å². The van der Waals surface area contributed by atoms with Gasteiger partial charge in [-0.3, -0.25) is 9.59 Å². The number of carbonyl (C=O) groups excluding carboxylic acids is 2. The van der Waals surface area contributed by atoms with E-state index in [1.165, 1.54) is 13.2 Å². The predicted octanol–water partition coefficient (Wildman–Crippen LogP) is 3.72. The van der Waals surface area contributed by atoms with Gasteiger partial charge in [0.2, 0.25) is 0 Å². The average molecular weight is 412 g/mol. The summed E-state index contributed by atoms with van der Waals surface area (Å²) in [6, 6.07) is 11.4. The van der Waals surface area contributed by atoms with Crippen LogP contribution in [0, 0.1) is 0 Å². The van der Waals surface area contributed by atoms with Crippen LogP contribution in [0.2, 0.25) is 5.02 Å². The number of ether oxygens (including phenoxy) is 1. The molecular formula is C17H16BrClN2O3. The summed E-state index contributed by atoms with van der Waals surface area (Å²) in [5.41, 5.74) is 7.18. The quantitative estimate of drug-likeness (QED) is 0.580. The molecule has 0 spiro atoms. The molecule has 126 valence electrons. The highest BCUT2D eigenvalue weighted by Gasteiger charge is 2.21. The first-order valence-corrected chi connectivity index (χ1v) is 8.26. The van der Waals surface area contributed by atoms with Crippen LogP contribution in [-0.4, -0.2) is 19.0 Å². The summed E-state index contributed by atoms with van der Waals surface area (Å²) in [5, 5.41) is 3.21. The summed E-state index contributed by atoms with van der Waals surface area (Å²) in [5.74, 6) is -0.839. The number of rotatable bonds is 5. The van der Waals surface area contributed by atoms with Crippen molar-refractivity contribution in [1.82, 2.24) is 5.32 Å². The first kappa shape index (κ1) is 18.3. The Kier molecular flexibility index (Phi) is 6.23. The summed E-state index contributed by atoms with van der Waals surface area (Å²) in [6.45, 7) is 0. The highest BCUT2D eigenvalue weighted by atomic mass is 79.9. The normalized spacial score (nSPS) is 11.6. The maximum absolute atomic E-state index is 12.5. The van der Waals surface area contributed by atoms with Crippen LogP contribution >= 0.6 is 27.5 Å². The molecule has 2 rings (SSSR count). The Morgan fingerprint density at radius 3 is 2.54 bits per heavy atom. The lowest BCUT2D eigenvalue weighted by Crippen LogP contribution is -2.31. The fraction of sp³-hybridized carbons (Fsp3) is 0.176. The zero-order chi connectivity index (χ0) is 17.7. The third kappa shape index (κ3) is 4.72. The predicted molar refractivity (Wildman–Crippen MR) is 96.8 cm³/mol. The molecule has 0 radical (unpaired) electrons. The van der Waals surface area contributed by atoms with Crippen molar-refractivity contribution in [3.8, 4) is 0 Å². The van der Waals surface area contributed by atoms with Gasteiger partial charge in [-0.15, -0.1) is 0 Å². The number of nitrogens with one attached hydrogen (secondary N) is 1. The van der Waals surface area contributed by atoms with Gasteiger partial charge in [0.25, 0.3) is 5.91 Å². The maximum atomic E-state index is 12.5. The molecule has 2 aromatic rings. The molecule has 7 heteroatoms. The number of anilines is 1. The highest BCUT2D eigenvalue weighted by Crippen LogP contribution is 2.23. The number of amides is 1. The number of nitrogens with two attached hydrogens (primary N) is 1. The molecule has 24 heavy (non-hydrogen) atoms. The molecule has 1 unspecified atom stereocenters. The number of methoxy groups -OCH3 is 1. The van der Waals surface area contributed by atoms with Crippen LogP contribution in [0.4, 0.5) is 5.69 Å². The summed E-state index contributed by atoms with van der Waals surface area (Å²) in [6.07, 6.45) is 0.00431. The van der Waals surface area contributed by atoms with Crippen molar-refractivity contribution in [2.24, 2.45) is 0 Å². The number of esters is 1. The Hall–Kier alpha value is -2.05. The molecule has 0 aromatic heterocycles. The Morgan fingerprint density at radius 2 is 1.92 bits per heavy atom. The summed E-state index contributed by atoms with van der Waals surface area (Å²) >= 11 is 9.28. The zero-order valence-corrected chi connectivity index (χ0v) is 15.2. The SMILES string of the molecule is COC(=O)CC(NC(=O)c1cc(Cl)ccc1N)c1ccc(Br)cc1. The van der Waals surface area contributed by atoms with Gasteiger partial charge < -0.3 is 15.8 Å². The molecule has 1 atom stereocenters. The lowest BCUT2D eigenvalue weighted by molar-refractivity contribution is -0.141. The van der Waals surface area contributed by atoms with Crippen molar-refractivity contribution >= 4 is 45.1 Å². The molecular weight excluding hydrogens is 396 g/mol. The van der Waals surface area contributed by atoms with E-state index in [-0.39, 0.29) is 12.0 Å². The molecule has 0 aliphatic carbocycles. The Labute approximate surface area is 153 Å². The second kappa shape index (κ2) is 8.17. The molecule has 0 fully saturated rings. The fourth-order valence-electron chi connectivity index (χ4n) is 2.16. The third-order valence-corrected chi connectivity index (χ3v) is 4.20. The highest BCUT2D eigenvalue weighted by molar-refractivity contribution is 9.10. The van der Waals surface area contributed by atoms with Gasteiger partial charge in [0.05, 0.1) is 25.1 Å². The number of benzene rings is 2. The van der Waals surface area contributed by atoms with Crippen molar-refractivity contribution < 1.29 is 14.3 Å². The Bertz CT molecular complexity index is 750. The van der Waals surface area contributed by atoms with E-state index in [0.29, 0.717) is 10.7 Å². The minimum absolute atomic E-state index is 0.00431. The summed E-state index contributed by atoms with van der Waals surface area (Å²) in [4.78, 5) is 24.2. The van der Waals surface area contributed by atoms with Gasteiger partial charge in [-0.05, 0) is 35.9 Å². The molecule has 0 saturated carbocycles. The molecule has 3 N–H and O–H groups in total. The maximum Gasteiger partial charge on any atom is 0.307 e. The van der Waals surface area contributed by atoms with Crippen molar-refractivity contribution in [2.45, 2.75) is 12.5 Å². The number of carbonyl (C=O) groups is 2. The van der Waals surface area contributed by atoms with E-state index in [4.69, 9.17) is 22.1 Å². The second-order valence-corrected chi connectivity index (χ2v) is 6.44. The van der Waals surface area contributed by atoms with Gasteiger partial charge in [-0.1, -0.05) is 39.7 Å². The zero-order valence-electron chi connectivity index (χ0n) is 12.9. The van der Waals surface area contributed by atoms with Crippen LogP contribution in [0.1, 0.15) is 28.4 Å². The van der Waals surface area contributed by atoms with Crippen molar-refractivity contribution in [3.05, 3.63) is 63.1 Å². The van der Waals surface area contributed by atoms with E-state index in [0.717, 1.165) is 10.0 Å². The van der Waals surface area contributed by atoms with Crippen LogP contribution in [0.15, 0.2) is 46.9 Å². The van der Waals surface area contributed by atoms with E-state index >= 15 is 0 Å². The van der Waals surface area contributed by atoms with Crippen molar-refractivity contribution in [2.75, 3.05) is 12.8 Å². The van der Waals surface area contributed by atoms with E-state index in [2.05, 4.69) is 21.2 Å².